The van der Waals surface area contributed by atoms with Gasteiger partial charge in [0.1, 0.15) is 12.4 Å². The van der Waals surface area contributed by atoms with Gasteiger partial charge >= 0.3 is 6.09 Å². The molecule has 0 atom stereocenters. The number of carbonyl (C=O) groups excluding carboxylic acids is 2. The highest BCUT2D eigenvalue weighted by atomic mass is 16.6. The zero-order valence-electron chi connectivity index (χ0n) is 15.1. The predicted octanol–water partition coefficient (Wildman–Crippen LogP) is 3.69. The molecule has 2 N–H and O–H groups in total. The third-order valence-electron chi connectivity index (χ3n) is 3.85. The van der Waals surface area contributed by atoms with E-state index < -0.39 is 12.0 Å². The summed E-state index contributed by atoms with van der Waals surface area (Å²) in [5, 5.41) is 0. The van der Waals surface area contributed by atoms with Gasteiger partial charge < -0.3 is 9.47 Å². The van der Waals surface area contributed by atoms with Crippen molar-refractivity contribution >= 4 is 12.0 Å². The number of benzene rings is 3. The van der Waals surface area contributed by atoms with Crippen LogP contribution in [0.25, 0.3) is 11.1 Å². The Hall–Kier alpha value is -3.80. The average Bonchev–Trinajstić information content (AvgIpc) is 2.76. The van der Waals surface area contributed by atoms with Crippen molar-refractivity contribution in [2.75, 3.05) is 6.61 Å². The van der Waals surface area contributed by atoms with Crippen LogP contribution in [-0.2, 0) is 16.1 Å². The molecule has 3 aromatic rings. The van der Waals surface area contributed by atoms with Gasteiger partial charge in [0.2, 0.25) is 0 Å². The SMILES string of the molecule is O=C(COc1ccccc1-c1ccccc1)NNC(=O)OCc1ccccc1. The van der Waals surface area contributed by atoms with E-state index in [-0.39, 0.29) is 13.2 Å². The fourth-order valence-electron chi connectivity index (χ4n) is 2.51. The molecule has 0 bridgehead atoms. The molecule has 28 heavy (non-hydrogen) atoms. The van der Waals surface area contributed by atoms with Crippen LogP contribution in [0.2, 0.25) is 0 Å². The van der Waals surface area contributed by atoms with Crippen molar-refractivity contribution in [3.8, 4) is 16.9 Å². The Kier molecular flexibility index (Phi) is 6.62. The van der Waals surface area contributed by atoms with Crippen molar-refractivity contribution in [3.05, 3.63) is 90.5 Å². The van der Waals surface area contributed by atoms with E-state index in [2.05, 4.69) is 10.9 Å². The molecule has 0 fully saturated rings. The average molecular weight is 376 g/mol. The molecule has 3 aromatic carbocycles. The number of carbonyl (C=O) groups is 2. The number of hydrogen-bond donors (Lipinski definition) is 2. The highest BCUT2D eigenvalue weighted by Gasteiger charge is 2.09. The van der Waals surface area contributed by atoms with Crippen LogP contribution in [0.1, 0.15) is 5.56 Å². The van der Waals surface area contributed by atoms with E-state index in [1.54, 1.807) is 6.07 Å². The van der Waals surface area contributed by atoms with E-state index in [0.717, 1.165) is 16.7 Å². The van der Waals surface area contributed by atoms with Gasteiger partial charge in [0.25, 0.3) is 5.91 Å². The van der Waals surface area contributed by atoms with Crippen LogP contribution >= 0.6 is 0 Å². The van der Waals surface area contributed by atoms with Gasteiger partial charge in [-0.1, -0.05) is 78.9 Å². The lowest BCUT2D eigenvalue weighted by Crippen LogP contribution is -2.44. The van der Waals surface area contributed by atoms with Gasteiger partial charge in [-0.25, -0.2) is 10.2 Å². The first-order valence-electron chi connectivity index (χ1n) is 8.75. The summed E-state index contributed by atoms with van der Waals surface area (Å²) in [5.74, 6) is 0.0787. The molecule has 0 saturated carbocycles. The minimum absolute atomic E-state index is 0.115. The van der Waals surface area contributed by atoms with Gasteiger partial charge in [0, 0.05) is 5.56 Å². The van der Waals surface area contributed by atoms with Crippen molar-refractivity contribution in [3.63, 3.8) is 0 Å². The van der Waals surface area contributed by atoms with Crippen LogP contribution in [0.15, 0.2) is 84.9 Å². The van der Waals surface area contributed by atoms with E-state index in [0.29, 0.717) is 5.75 Å². The van der Waals surface area contributed by atoms with Crippen LogP contribution in [0.4, 0.5) is 4.79 Å². The first-order valence-corrected chi connectivity index (χ1v) is 8.75. The van der Waals surface area contributed by atoms with E-state index >= 15 is 0 Å². The number of ether oxygens (including phenoxy) is 2. The Morgan fingerprint density at radius 2 is 1.39 bits per heavy atom. The van der Waals surface area contributed by atoms with Crippen molar-refractivity contribution in [1.29, 1.82) is 0 Å². The molecule has 3 rings (SSSR count). The summed E-state index contributed by atoms with van der Waals surface area (Å²) in [6, 6.07) is 26.4. The second-order valence-electron chi connectivity index (χ2n) is 5.89. The number of amides is 2. The molecule has 0 spiro atoms. The molecular formula is C22H20N2O4. The molecule has 2 amide bonds. The van der Waals surface area contributed by atoms with Crippen molar-refractivity contribution in [2.24, 2.45) is 0 Å². The van der Waals surface area contributed by atoms with Crippen LogP contribution in [0.5, 0.6) is 5.75 Å². The summed E-state index contributed by atoms with van der Waals surface area (Å²) in [4.78, 5) is 23.6. The zero-order valence-corrected chi connectivity index (χ0v) is 15.1. The Bertz CT molecular complexity index is 914. The molecule has 0 heterocycles. The quantitative estimate of drug-likeness (QED) is 0.644. The lowest BCUT2D eigenvalue weighted by Gasteiger charge is -2.12. The monoisotopic (exact) mass is 376 g/mol. The number of rotatable bonds is 6. The Morgan fingerprint density at radius 1 is 0.750 bits per heavy atom. The fraction of sp³-hybridized carbons (Fsp3) is 0.0909. The second kappa shape index (κ2) is 9.78. The Morgan fingerprint density at radius 3 is 2.14 bits per heavy atom. The summed E-state index contributed by atoms with van der Waals surface area (Å²) in [6.07, 6.45) is -0.748. The molecule has 0 aliphatic carbocycles. The maximum atomic E-state index is 11.9. The van der Waals surface area contributed by atoms with Crippen molar-refractivity contribution < 1.29 is 19.1 Å². The third kappa shape index (κ3) is 5.60. The van der Waals surface area contributed by atoms with Crippen molar-refractivity contribution in [2.45, 2.75) is 6.61 Å². The van der Waals surface area contributed by atoms with Gasteiger partial charge in [-0.15, -0.1) is 0 Å². The van der Waals surface area contributed by atoms with Gasteiger partial charge in [0.15, 0.2) is 6.61 Å². The Balaban J connectivity index is 1.45. The van der Waals surface area contributed by atoms with Gasteiger partial charge in [-0.3, -0.25) is 10.2 Å². The standard InChI is InChI=1S/C22H20N2O4/c25-21(23-24-22(26)28-15-17-9-3-1-4-10-17)16-27-20-14-8-7-13-19(20)18-11-5-2-6-12-18/h1-14H,15-16H2,(H,23,25)(H,24,26). The zero-order chi connectivity index (χ0) is 19.6. The largest absolute Gasteiger partial charge is 0.483 e. The minimum atomic E-state index is -0.748. The smallest absolute Gasteiger partial charge is 0.426 e. The molecule has 0 aliphatic rings. The van der Waals surface area contributed by atoms with Gasteiger partial charge in [-0.05, 0) is 17.2 Å². The molecule has 6 nitrogen and oxygen atoms in total. The summed E-state index contributed by atoms with van der Waals surface area (Å²) in [5.41, 5.74) is 7.17. The minimum Gasteiger partial charge on any atom is -0.483 e. The highest BCUT2D eigenvalue weighted by molar-refractivity contribution is 5.80. The third-order valence-corrected chi connectivity index (χ3v) is 3.85. The summed E-state index contributed by atoms with van der Waals surface area (Å²) < 4.78 is 10.6. The van der Waals surface area contributed by atoms with Crippen LogP contribution < -0.4 is 15.6 Å². The first kappa shape index (κ1) is 19.0. The lowest BCUT2D eigenvalue weighted by atomic mass is 10.1. The molecule has 0 aliphatic heterocycles. The molecule has 0 aromatic heterocycles. The van der Waals surface area contributed by atoms with Crippen molar-refractivity contribution in [1.82, 2.24) is 10.9 Å². The van der Waals surface area contributed by atoms with E-state index in [4.69, 9.17) is 9.47 Å². The number of hydrazine groups is 1. The molecular weight excluding hydrogens is 356 g/mol. The maximum absolute atomic E-state index is 11.9. The van der Waals surface area contributed by atoms with E-state index in [1.807, 2.05) is 78.9 Å². The van der Waals surface area contributed by atoms with Gasteiger partial charge in [0.05, 0.1) is 0 Å². The molecule has 6 heteroatoms. The second-order valence-corrected chi connectivity index (χ2v) is 5.89. The first-order chi connectivity index (χ1) is 13.7. The van der Waals surface area contributed by atoms with Crippen LogP contribution in [0.3, 0.4) is 0 Å². The maximum Gasteiger partial charge on any atom is 0.426 e. The topological polar surface area (TPSA) is 76.7 Å². The fourth-order valence-corrected chi connectivity index (χ4v) is 2.51. The molecule has 0 unspecified atom stereocenters. The number of para-hydroxylation sites is 1. The molecule has 142 valence electrons. The summed E-state index contributed by atoms with van der Waals surface area (Å²) in [6.45, 7) is -0.133. The Labute approximate surface area is 163 Å². The van der Waals surface area contributed by atoms with E-state index in [9.17, 15) is 9.59 Å². The number of hydrogen-bond acceptors (Lipinski definition) is 4. The van der Waals surface area contributed by atoms with Crippen LogP contribution in [0, 0.1) is 0 Å². The van der Waals surface area contributed by atoms with E-state index in [1.165, 1.54) is 0 Å². The molecule has 0 radical (unpaired) electrons. The van der Waals surface area contributed by atoms with Gasteiger partial charge in [-0.2, -0.15) is 0 Å². The summed E-state index contributed by atoms with van der Waals surface area (Å²) >= 11 is 0. The lowest BCUT2D eigenvalue weighted by molar-refractivity contribution is -0.124. The predicted molar refractivity (Wildman–Crippen MR) is 105 cm³/mol. The summed E-state index contributed by atoms with van der Waals surface area (Å²) in [7, 11) is 0. The highest BCUT2D eigenvalue weighted by Crippen LogP contribution is 2.29. The van der Waals surface area contributed by atoms with Crippen LogP contribution in [-0.4, -0.2) is 18.6 Å². The molecule has 0 saturated heterocycles. The normalized spacial score (nSPS) is 10.0. The number of nitrogens with one attached hydrogen (secondary N) is 2.